The first-order chi connectivity index (χ1) is 3.48. The first-order valence-electron chi connectivity index (χ1n) is 3.16. The molecule has 0 amide bonds. The van der Waals surface area contributed by atoms with Crippen LogP contribution >= 0.6 is 12.6 Å². The molecule has 0 rings (SSSR count). The van der Waals surface area contributed by atoms with E-state index in [1.165, 1.54) is 6.42 Å². The fourth-order valence-electron chi connectivity index (χ4n) is 0.612. The molecule has 2 heteroatoms. The minimum atomic E-state index is -1.55. The Balaban J connectivity index is 3.62. The van der Waals surface area contributed by atoms with Crippen molar-refractivity contribution in [2.45, 2.75) is 31.4 Å². The van der Waals surface area contributed by atoms with Gasteiger partial charge in [0.1, 0.15) is 0 Å². The van der Waals surface area contributed by atoms with E-state index in [0.29, 0.717) is 0 Å². The standard InChI is InChI=1S/C3H7S.3CH3.Sn/c1-2-3-4;;;;/h3-4H,2H2,1H3;3*1H3;. The molecule has 50 valence electrons. The van der Waals surface area contributed by atoms with Crippen LogP contribution in [0.4, 0.5) is 0 Å². The molecule has 0 heterocycles. The van der Waals surface area contributed by atoms with E-state index in [1.54, 1.807) is 0 Å². The molecule has 8 heavy (non-hydrogen) atoms. The molecule has 0 aliphatic carbocycles. The average Bonchev–Trinajstić information content (AvgIpc) is 1.62. The zero-order valence-electron chi connectivity index (χ0n) is 6.23. The Bertz CT molecular complexity index is 65.4. The topological polar surface area (TPSA) is 0 Å². The molecule has 0 N–H and O–H groups in total. The van der Waals surface area contributed by atoms with E-state index in [4.69, 9.17) is 0 Å². The fourth-order valence-corrected chi connectivity index (χ4v) is 4.11. The monoisotopic (exact) mass is 240 g/mol. The van der Waals surface area contributed by atoms with Gasteiger partial charge in [0.2, 0.25) is 0 Å². The van der Waals surface area contributed by atoms with Crippen molar-refractivity contribution < 1.29 is 0 Å². The van der Waals surface area contributed by atoms with E-state index in [1.807, 2.05) is 0 Å². The molecule has 0 nitrogen and oxygen atoms in total. The van der Waals surface area contributed by atoms with E-state index in [9.17, 15) is 0 Å². The van der Waals surface area contributed by atoms with Crippen LogP contribution in [0.1, 0.15) is 13.3 Å². The van der Waals surface area contributed by atoms with Gasteiger partial charge in [0.05, 0.1) is 0 Å². The summed E-state index contributed by atoms with van der Waals surface area (Å²) >= 11 is 2.96. The molecular formula is C6H16SSn. The predicted molar refractivity (Wildman–Crippen MR) is 46.4 cm³/mol. The van der Waals surface area contributed by atoms with Crippen molar-refractivity contribution in [3.63, 3.8) is 0 Å². The molecular weight excluding hydrogens is 223 g/mol. The van der Waals surface area contributed by atoms with E-state index >= 15 is 0 Å². The number of rotatable bonds is 2. The quantitative estimate of drug-likeness (QED) is 0.555. The predicted octanol–water partition coefficient (Wildman–Crippen LogP) is 2.57. The zero-order valence-corrected chi connectivity index (χ0v) is 9.98. The Kier molecular flexibility index (Phi) is 3.83. The third-order valence-corrected chi connectivity index (χ3v) is 13.8. The van der Waals surface area contributed by atoms with Gasteiger partial charge in [-0.15, -0.1) is 0 Å². The second-order valence-corrected chi connectivity index (χ2v) is 20.8. The molecule has 0 fully saturated rings. The summed E-state index contributed by atoms with van der Waals surface area (Å²) in [7, 11) is 0. The van der Waals surface area contributed by atoms with Crippen LogP contribution in [0.25, 0.3) is 0 Å². The van der Waals surface area contributed by atoms with Gasteiger partial charge in [0.15, 0.2) is 0 Å². The summed E-state index contributed by atoms with van der Waals surface area (Å²) in [6, 6.07) is 0. The van der Waals surface area contributed by atoms with Gasteiger partial charge in [-0.3, -0.25) is 0 Å². The summed E-state index contributed by atoms with van der Waals surface area (Å²) in [6.07, 6.45) is 1.25. The van der Waals surface area contributed by atoms with Crippen molar-refractivity contribution in [1.82, 2.24) is 0 Å². The van der Waals surface area contributed by atoms with Gasteiger partial charge in [-0.25, -0.2) is 0 Å². The molecule has 0 radical (unpaired) electrons. The van der Waals surface area contributed by atoms with Crippen molar-refractivity contribution in [1.29, 1.82) is 0 Å². The molecule has 0 spiro atoms. The van der Waals surface area contributed by atoms with Crippen molar-refractivity contribution in [2.75, 3.05) is 0 Å². The molecule has 0 saturated carbocycles. The molecule has 0 saturated heterocycles. The van der Waals surface area contributed by atoms with Crippen molar-refractivity contribution in [3.05, 3.63) is 0 Å². The Morgan fingerprint density at radius 2 is 1.75 bits per heavy atom. The van der Waals surface area contributed by atoms with Gasteiger partial charge in [0.25, 0.3) is 0 Å². The minimum absolute atomic E-state index is 0.754. The van der Waals surface area contributed by atoms with E-state index in [-0.39, 0.29) is 0 Å². The van der Waals surface area contributed by atoms with Crippen molar-refractivity contribution in [3.8, 4) is 0 Å². The van der Waals surface area contributed by atoms with Crippen molar-refractivity contribution in [2.24, 2.45) is 0 Å². The van der Waals surface area contributed by atoms with E-state index in [0.717, 1.165) is 3.27 Å². The summed E-state index contributed by atoms with van der Waals surface area (Å²) < 4.78 is 0.754. The van der Waals surface area contributed by atoms with Crippen LogP contribution in [0.5, 0.6) is 0 Å². The van der Waals surface area contributed by atoms with Crippen LogP contribution in [-0.2, 0) is 0 Å². The maximum atomic E-state index is 4.50. The molecule has 0 aromatic heterocycles. The summed E-state index contributed by atoms with van der Waals surface area (Å²) in [4.78, 5) is 7.28. The van der Waals surface area contributed by atoms with Crippen LogP contribution in [0.3, 0.4) is 0 Å². The average molecular weight is 239 g/mol. The Hall–Kier alpha value is 1.15. The Morgan fingerprint density at radius 3 is 1.75 bits per heavy atom. The summed E-state index contributed by atoms with van der Waals surface area (Å²) in [6.45, 7) is 2.22. The molecule has 0 aliphatic rings. The first kappa shape index (κ1) is 9.15. The third kappa shape index (κ3) is 3.23. The SMILES string of the molecule is CC[CH](S)[Sn]([CH3])([CH3])[CH3]. The maximum absolute atomic E-state index is 4.50. The Labute approximate surface area is 62.3 Å². The normalized spacial score (nSPS) is 16.1. The molecule has 0 aromatic carbocycles. The molecule has 0 bridgehead atoms. The van der Waals surface area contributed by atoms with Gasteiger partial charge >= 0.3 is 62.4 Å². The fraction of sp³-hybridized carbons (Fsp3) is 1.00. The van der Waals surface area contributed by atoms with Crippen LogP contribution in [0, 0.1) is 0 Å². The number of hydrogen-bond acceptors (Lipinski definition) is 1. The summed E-state index contributed by atoms with van der Waals surface area (Å²) in [5.41, 5.74) is 0. The van der Waals surface area contributed by atoms with Gasteiger partial charge in [-0.2, -0.15) is 0 Å². The summed E-state index contributed by atoms with van der Waals surface area (Å²) in [5.74, 6) is 0. The number of hydrogen-bond donors (Lipinski definition) is 1. The van der Waals surface area contributed by atoms with Crippen LogP contribution in [0.2, 0.25) is 14.8 Å². The number of thiol groups is 1. The zero-order chi connectivity index (χ0) is 6.78. The second-order valence-electron chi connectivity index (χ2n) is 3.29. The molecule has 1 unspecified atom stereocenters. The van der Waals surface area contributed by atoms with Gasteiger partial charge in [-0.1, -0.05) is 0 Å². The van der Waals surface area contributed by atoms with Gasteiger partial charge in [0, 0.05) is 0 Å². The van der Waals surface area contributed by atoms with Crippen molar-refractivity contribution >= 4 is 31.0 Å². The van der Waals surface area contributed by atoms with Crippen LogP contribution < -0.4 is 0 Å². The van der Waals surface area contributed by atoms with Crippen LogP contribution in [0.15, 0.2) is 0 Å². The Morgan fingerprint density at radius 1 is 1.38 bits per heavy atom. The second kappa shape index (κ2) is 3.35. The third-order valence-electron chi connectivity index (χ3n) is 1.39. The molecule has 0 aromatic rings. The molecule has 1 atom stereocenters. The van der Waals surface area contributed by atoms with E-state index in [2.05, 4.69) is 34.4 Å². The first-order valence-corrected chi connectivity index (χ1v) is 13.9. The molecule has 0 aliphatic heterocycles. The van der Waals surface area contributed by atoms with Crippen LogP contribution in [-0.4, -0.2) is 21.6 Å². The van der Waals surface area contributed by atoms with E-state index < -0.39 is 18.4 Å². The van der Waals surface area contributed by atoms with Gasteiger partial charge in [-0.05, 0) is 0 Å². The summed E-state index contributed by atoms with van der Waals surface area (Å²) in [5, 5.41) is 0. The van der Waals surface area contributed by atoms with Gasteiger partial charge < -0.3 is 0 Å².